The van der Waals surface area contributed by atoms with Crippen LogP contribution in [0.25, 0.3) is 0 Å². The molecule has 2 aliphatic rings. The van der Waals surface area contributed by atoms with Crippen molar-refractivity contribution in [3.05, 3.63) is 11.1 Å². The van der Waals surface area contributed by atoms with Crippen molar-refractivity contribution in [1.29, 1.82) is 0 Å². The molecular formula is C20H34O2. The van der Waals surface area contributed by atoms with Gasteiger partial charge >= 0.3 is 5.97 Å². The second kappa shape index (κ2) is 6.37. The Morgan fingerprint density at radius 3 is 2.64 bits per heavy atom. The lowest BCUT2D eigenvalue weighted by atomic mass is 9.50. The van der Waals surface area contributed by atoms with Gasteiger partial charge in [-0.25, -0.2) is 0 Å². The minimum atomic E-state index is -0.662. The van der Waals surface area contributed by atoms with Crippen LogP contribution < -0.4 is 0 Å². The van der Waals surface area contributed by atoms with Gasteiger partial charge in [-0.05, 0) is 68.1 Å². The number of allylic oxidation sites excluding steroid dienone is 2. The normalized spacial score (nSPS) is 32.5. The fraction of sp³-hybridized carbons (Fsp3) is 0.850. The quantitative estimate of drug-likeness (QED) is 0.650. The molecule has 0 aromatic heterocycles. The number of hydrogen-bond donors (Lipinski definition) is 1. The second-order valence-corrected chi connectivity index (χ2v) is 8.85. The number of rotatable bonds is 5. The van der Waals surface area contributed by atoms with Crippen molar-refractivity contribution in [2.75, 3.05) is 0 Å². The highest BCUT2D eigenvalue weighted by atomic mass is 16.4. The van der Waals surface area contributed by atoms with Crippen LogP contribution in [0.2, 0.25) is 0 Å². The van der Waals surface area contributed by atoms with Gasteiger partial charge in [0, 0.05) is 6.42 Å². The van der Waals surface area contributed by atoms with Gasteiger partial charge < -0.3 is 5.11 Å². The predicted molar refractivity (Wildman–Crippen MR) is 91.8 cm³/mol. The Hall–Kier alpha value is -0.790. The third-order valence-electron chi connectivity index (χ3n) is 6.65. The first-order valence-corrected chi connectivity index (χ1v) is 9.07. The Morgan fingerprint density at radius 2 is 2.00 bits per heavy atom. The molecule has 126 valence electrons. The fourth-order valence-corrected chi connectivity index (χ4v) is 5.48. The first kappa shape index (κ1) is 17.6. The van der Waals surface area contributed by atoms with Crippen molar-refractivity contribution in [2.24, 2.45) is 22.7 Å². The average Bonchev–Trinajstić information content (AvgIpc) is 2.35. The number of hydrogen-bond acceptors (Lipinski definition) is 1. The molecular weight excluding hydrogens is 272 g/mol. The zero-order chi connectivity index (χ0) is 16.5. The Bertz CT molecular complexity index is 460. The summed E-state index contributed by atoms with van der Waals surface area (Å²) in [6, 6.07) is 0. The molecule has 22 heavy (non-hydrogen) atoms. The zero-order valence-corrected chi connectivity index (χ0v) is 15.2. The standard InChI is InChI=1S/C20H34O2/c1-14(13-18(21)22)7-9-16-15(2)8-10-17-19(3,4)11-6-12-20(16,17)5/h14,17H,6-13H2,1-5H3,(H,21,22). The van der Waals surface area contributed by atoms with E-state index in [-0.39, 0.29) is 5.92 Å². The van der Waals surface area contributed by atoms with E-state index in [1.807, 2.05) is 0 Å². The number of aliphatic carboxylic acids is 1. The molecule has 2 aliphatic carbocycles. The molecule has 2 rings (SSSR count). The van der Waals surface area contributed by atoms with E-state index in [1.54, 1.807) is 11.1 Å². The topological polar surface area (TPSA) is 37.3 Å². The molecule has 0 heterocycles. The van der Waals surface area contributed by atoms with E-state index in [1.165, 1.54) is 32.1 Å². The second-order valence-electron chi connectivity index (χ2n) is 8.85. The molecule has 2 nitrogen and oxygen atoms in total. The van der Waals surface area contributed by atoms with Crippen molar-refractivity contribution >= 4 is 5.97 Å². The van der Waals surface area contributed by atoms with Gasteiger partial charge in [0.2, 0.25) is 0 Å². The maximum absolute atomic E-state index is 10.9. The number of carboxylic acid groups (broad SMARTS) is 1. The summed E-state index contributed by atoms with van der Waals surface area (Å²) < 4.78 is 0. The maximum atomic E-state index is 10.9. The molecule has 1 N–H and O–H groups in total. The number of carboxylic acids is 1. The highest BCUT2D eigenvalue weighted by Crippen LogP contribution is 2.60. The van der Waals surface area contributed by atoms with E-state index >= 15 is 0 Å². The van der Waals surface area contributed by atoms with Crippen molar-refractivity contribution in [3.63, 3.8) is 0 Å². The van der Waals surface area contributed by atoms with Crippen molar-refractivity contribution in [3.8, 4) is 0 Å². The van der Waals surface area contributed by atoms with E-state index in [2.05, 4.69) is 34.6 Å². The molecule has 0 aromatic rings. The van der Waals surface area contributed by atoms with Crippen LogP contribution in [0.15, 0.2) is 11.1 Å². The van der Waals surface area contributed by atoms with Gasteiger partial charge in [0.15, 0.2) is 0 Å². The van der Waals surface area contributed by atoms with E-state index in [4.69, 9.17) is 5.11 Å². The summed E-state index contributed by atoms with van der Waals surface area (Å²) in [6.07, 6.45) is 9.01. The highest BCUT2D eigenvalue weighted by Gasteiger charge is 2.49. The average molecular weight is 306 g/mol. The van der Waals surface area contributed by atoms with Crippen LogP contribution in [-0.2, 0) is 4.79 Å². The van der Waals surface area contributed by atoms with Gasteiger partial charge in [0.05, 0.1) is 0 Å². The van der Waals surface area contributed by atoms with Gasteiger partial charge in [0.25, 0.3) is 0 Å². The molecule has 0 spiro atoms. The predicted octanol–water partition coefficient (Wildman–Crippen LogP) is 5.82. The van der Waals surface area contributed by atoms with Crippen molar-refractivity contribution < 1.29 is 9.90 Å². The Balaban J connectivity index is 2.16. The van der Waals surface area contributed by atoms with Crippen LogP contribution in [0, 0.1) is 22.7 Å². The van der Waals surface area contributed by atoms with Crippen molar-refractivity contribution in [1.82, 2.24) is 0 Å². The SMILES string of the molecule is CC1=C(CCC(C)CC(=O)O)C2(C)CCCC(C)(C)C2CC1. The van der Waals surface area contributed by atoms with Crippen LogP contribution in [0.3, 0.4) is 0 Å². The molecule has 0 amide bonds. The minimum Gasteiger partial charge on any atom is -0.481 e. The van der Waals surface area contributed by atoms with Crippen LogP contribution in [-0.4, -0.2) is 11.1 Å². The van der Waals surface area contributed by atoms with Crippen LogP contribution in [0.4, 0.5) is 0 Å². The minimum absolute atomic E-state index is 0.276. The first-order valence-electron chi connectivity index (χ1n) is 9.07. The third kappa shape index (κ3) is 3.41. The Kier molecular flexibility index (Phi) is 5.09. The monoisotopic (exact) mass is 306 g/mol. The summed E-state index contributed by atoms with van der Waals surface area (Å²) in [6.45, 7) is 11.8. The van der Waals surface area contributed by atoms with E-state index in [0.717, 1.165) is 18.8 Å². The maximum Gasteiger partial charge on any atom is 0.303 e. The third-order valence-corrected chi connectivity index (χ3v) is 6.65. The van der Waals surface area contributed by atoms with Crippen LogP contribution >= 0.6 is 0 Å². The van der Waals surface area contributed by atoms with E-state index < -0.39 is 5.97 Å². The molecule has 0 saturated heterocycles. The van der Waals surface area contributed by atoms with Crippen molar-refractivity contribution in [2.45, 2.75) is 86.0 Å². The first-order chi connectivity index (χ1) is 10.2. The van der Waals surface area contributed by atoms with Gasteiger partial charge in [-0.2, -0.15) is 0 Å². The molecule has 3 unspecified atom stereocenters. The molecule has 1 saturated carbocycles. The molecule has 3 atom stereocenters. The van der Waals surface area contributed by atoms with Gasteiger partial charge in [-0.15, -0.1) is 0 Å². The summed E-state index contributed by atoms with van der Waals surface area (Å²) in [5.41, 5.74) is 4.08. The summed E-state index contributed by atoms with van der Waals surface area (Å²) >= 11 is 0. The zero-order valence-electron chi connectivity index (χ0n) is 15.2. The molecule has 0 aromatic carbocycles. The molecule has 0 aliphatic heterocycles. The highest BCUT2D eigenvalue weighted by molar-refractivity contribution is 5.66. The number of fused-ring (bicyclic) bond motifs is 1. The Morgan fingerprint density at radius 1 is 1.32 bits per heavy atom. The molecule has 1 fully saturated rings. The summed E-state index contributed by atoms with van der Waals surface area (Å²) in [5.74, 6) is 0.408. The lowest BCUT2D eigenvalue weighted by molar-refractivity contribution is -0.138. The smallest absolute Gasteiger partial charge is 0.303 e. The number of carbonyl (C=O) groups is 1. The van der Waals surface area contributed by atoms with Gasteiger partial charge in [-0.3, -0.25) is 4.79 Å². The summed E-state index contributed by atoms with van der Waals surface area (Å²) in [5, 5.41) is 8.97. The van der Waals surface area contributed by atoms with Gasteiger partial charge in [0.1, 0.15) is 0 Å². The van der Waals surface area contributed by atoms with E-state index in [9.17, 15) is 4.79 Å². The fourth-order valence-electron chi connectivity index (χ4n) is 5.48. The molecule has 0 radical (unpaired) electrons. The summed E-state index contributed by atoms with van der Waals surface area (Å²) in [4.78, 5) is 10.9. The van der Waals surface area contributed by atoms with Crippen LogP contribution in [0.5, 0.6) is 0 Å². The molecule has 2 heteroatoms. The van der Waals surface area contributed by atoms with Gasteiger partial charge in [-0.1, -0.05) is 45.3 Å². The van der Waals surface area contributed by atoms with E-state index in [0.29, 0.717) is 17.3 Å². The lowest BCUT2D eigenvalue weighted by Crippen LogP contribution is -2.45. The lowest BCUT2D eigenvalue weighted by Gasteiger charge is -2.55. The Labute approximate surface area is 136 Å². The largest absolute Gasteiger partial charge is 0.481 e. The van der Waals surface area contributed by atoms with Crippen LogP contribution in [0.1, 0.15) is 86.0 Å². The summed E-state index contributed by atoms with van der Waals surface area (Å²) in [7, 11) is 0. The molecule has 0 bridgehead atoms.